The molecule has 0 radical (unpaired) electrons. The molecule has 5 heteroatoms. The van der Waals surface area contributed by atoms with Crippen LogP contribution in [0.3, 0.4) is 0 Å². The second-order valence-corrected chi connectivity index (χ2v) is 3.89. The van der Waals surface area contributed by atoms with Crippen molar-refractivity contribution in [2.75, 3.05) is 0 Å². The molecule has 1 amide bonds. The summed E-state index contributed by atoms with van der Waals surface area (Å²) in [5.41, 5.74) is 5.73. The minimum Gasteiger partial charge on any atom is -0.352 e. The van der Waals surface area contributed by atoms with E-state index >= 15 is 0 Å². The summed E-state index contributed by atoms with van der Waals surface area (Å²) in [5, 5.41) is 2.73. The zero-order chi connectivity index (χ0) is 12.1. The second-order valence-electron chi connectivity index (χ2n) is 3.89. The summed E-state index contributed by atoms with van der Waals surface area (Å²) in [7, 11) is 0. The van der Waals surface area contributed by atoms with Gasteiger partial charge in [0.25, 0.3) is 5.56 Å². The molecule has 0 spiro atoms. The predicted octanol–water partition coefficient (Wildman–Crippen LogP) is -0.168. The average Bonchev–Trinajstić information content (AvgIpc) is 2.20. The normalized spacial score (nSPS) is 10.5. The van der Waals surface area contributed by atoms with Crippen molar-refractivity contribution in [1.82, 2.24) is 9.88 Å². The third kappa shape index (κ3) is 3.20. The Bertz CT molecular complexity index is 423. The van der Waals surface area contributed by atoms with E-state index < -0.39 is 0 Å². The van der Waals surface area contributed by atoms with Crippen LogP contribution in [0.5, 0.6) is 0 Å². The van der Waals surface area contributed by atoms with Crippen molar-refractivity contribution in [2.45, 2.75) is 33.0 Å². The van der Waals surface area contributed by atoms with Crippen molar-refractivity contribution < 1.29 is 4.79 Å². The monoisotopic (exact) mass is 223 g/mol. The summed E-state index contributed by atoms with van der Waals surface area (Å²) in [6, 6.07) is 3.45. The molecule has 0 aromatic carbocycles. The molecule has 0 atom stereocenters. The van der Waals surface area contributed by atoms with E-state index in [0.29, 0.717) is 5.56 Å². The minimum absolute atomic E-state index is 0.0326. The fourth-order valence-corrected chi connectivity index (χ4v) is 1.39. The molecule has 3 N–H and O–H groups in total. The van der Waals surface area contributed by atoms with Crippen LogP contribution in [0, 0.1) is 0 Å². The Balaban J connectivity index is 2.82. The number of nitrogens with two attached hydrogens (primary N) is 1. The van der Waals surface area contributed by atoms with E-state index in [1.165, 1.54) is 4.57 Å². The maximum Gasteiger partial charge on any atom is 0.255 e. The van der Waals surface area contributed by atoms with Crippen molar-refractivity contribution in [3.05, 3.63) is 34.2 Å². The number of nitrogens with one attached hydrogen (secondary N) is 1. The molecule has 0 bridgehead atoms. The maximum atomic E-state index is 11.7. The lowest BCUT2D eigenvalue weighted by Gasteiger charge is -2.10. The van der Waals surface area contributed by atoms with Gasteiger partial charge < -0.3 is 15.6 Å². The smallest absolute Gasteiger partial charge is 0.255 e. The minimum atomic E-state index is -0.205. The van der Waals surface area contributed by atoms with Crippen LogP contribution in [-0.4, -0.2) is 16.5 Å². The van der Waals surface area contributed by atoms with Gasteiger partial charge in [0.05, 0.1) is 0 Å². The first kappa shape index (κ1) is 12.4. The number of aromatic nitrogens is 1. The molecule has 88 valence electrons. The highest BCUT2D eigenvalue weighted by Crippen LogP contribution is 1.91. The van der Waals surface area contributed by atoms with Gasteiger partial charge >= 0.3 is 0 Å². The van der Waals surface area contributed by atoms with E-state index in [2.05, 4.69) is 5.32 Å². The van der Waals surface area contributed by atoms with Gasteiger partial charge in [-0.2, -0.15) is 0 Å². The number of hydrogen-bond acceptors (Lipinski definition) is 3. The SMILES string of the molecule is CC(C)NC(=O)Cn1cccc(CN)c1=O. The summed E-state index contributed by atoms with van der Waals surface area (Å²) in [6.07, 6.45) is 1.58. The molecule has 1 aromatic rings. The highest BCUT2D eigenvalue weighted by molar-refractivity contribution is 5.75. The van der Waals surface area contributed by atoms with Crippen LogP contribution < -0.4 is 16.6 Å². The largest absolute Gasteiger partial charge is 0.352 e. The van der Waals surface area contributed by atoms with Gasteiger partial charge in [0.1, 0.15) is 6.54 Å². The van der Waals surface area contributed by atoms with Crippen molar-refractivity contribution in [3.63, 3.8) is 0 Å². The Labute approximate surface area is 94.3 Å². The molecule has 0 fully saturated rings. The zero-order valence-electron chi connectivity index (χ0n) is 9.56. The number of pyridine rings is 1. The molecule has 1 aromatic heterocycles. The van der Waals surface area contributed by atoms with Gasteiger partial charge in [0.15, 0.2) is 0 Å². The van der Waals surface area contributed by atoms with Crippen LogP contribution in [0.1, 0.15) is 19.4 Å². The van der Waals surface area contributed by atoms with Gasteiger partial charge in [0.2, 0.25) is 5.91 Å². The topological polar surface area (TPSA) is 77.1 Å². The van der Waals surface area contributed by atoms with E-state index in [-0.39, 0.29) is 30.6 Å². The molecule has 1 rings (SSSR count). The molecule has 0 aliphatic heterocycles. The van der Waals surface area contributed by atoms with E-state index in [1.807, 2.05) is 13.8 Å². The maximum absolute atomic E-state index is 11.7. The lowest BCUT2D eigenvalue weighted by molar-refractivity contribution is -0.122. The van der Waals surface area contributed by atoms with Crippen LogP contribution >= 0.6 is 0 Å². The van der Waals surface area contributed by atoms with Gasteiger partial charge in [-0.3, -0.25) is 9.59 Å². The predicted molar refractivity (Wildman–Crippen MR) is 61.9 cm³/mol. The van der Waals surface area contributed by atoms with E-state index in [9.17, 15) is 9.59 Å². The first-order valence-electron chi connectivity index (χ1n) is 5.22. The van der Waals surface area contributed by atoms with Crippen molar-refractivity contribution in [3.8, 4) is 0 Å². The summed E-state index contributed by atoms with van der Waals surface area (Å²) in [4.78, 5) is 23.2. The quantitative estimate of drug-likeness (QED) is 0.744. The molecule has 0 unspecified atom stereocenters. The Morgan fingerprint density at radius 1 is 1.56 bits per heavy atom. The first-order chi connectivity index (χ1) is 7.54. The third-order valence-electron chi connectivity index (χ3n) is 2.08. The van der Waals surface area contributed by atoms with E-state index in [1.54, 1.807) is 18.3 Å². The lowest BCUT2D eigenvalue weighted by atomic mass is 10.3. The Kier molecular flexibility index (Phi) is 4.25. The Hall–Kier alpha value is -1.62. The summed E-state index contributed by atoms with van der Waals surface area (Å²) in [6.45, 7) is 3.96. The zero-order valence-corrected chi connectivity index (χ0v) is 9.56. The molecular formula is C11H17N3O2. The van der Waals surface area contributed by atoms with Gasteiger partial charge in [-0.1, -0.05) is 6.07 Å². The Morgan fingerprint density at radius 2 is 2.25 bits per heavy atom. The summed E-state index contributed by atoms with van der Waals surface area (Å²) >= 11 is 0. The van der Waals surface area contributed by atoms with Gasteiger partial charge in [-0.25, -0.2) is 0 Å². The highest BCUT2D eigenvalue weighted by Gasteiger charge is 2.07. The molecular weight excluding hydrogens is 206 g/mol. The standard InChI is InChI=1S/C11H17N3O2/c1-8(2)13-10(15)7-14-5-3-4-9(6-12)11(14)16/h3-5,8H,6-7,12H2,1-2H3,(H,13,15). The summed E-state index contributed by atoms with van der Waals surface area (Å²) < 4.78 is 1.36. The number of carbonyl (C=O) groups excluding carboxylic acids is 1. The summed E-state index contributed by atoms with van der Waals surface area (Å²) in [5.74, 6) is -0.175. The van der Waals surface area contributed by atoms with Crippen molar-refractivity contribution >= 4 is 5.91 Å². The van der Waals surface area contributed by atoms with Crippen LogP contribution in [0.4, 0.5) is 0 Å². The molecule has 16 heavy (non-hydrogen) atoms. The van der Waals surface area contributed by atoms with Gasteiger partial charge in [0, 0.05) is 24.3 Å². The molecule has 5 nitrogen and oxygen atoms in total. The number of carbonyl (C=O) groups is 1. The van der Waals surface area contributed by atoms with Gasteiger partial charge in [-0.05, 0) is 19.9 Å². The fourth-order valence-electron chi connectivity index (χ4n) is 1.39. The van der Waals surface area contributed by atoms with Crippen LogP contribution in [0.15, 0.2) is 23.1 Å². The van der Waals surface area contributed by atoms with Crippen LogP contribution in [0.25, 0.3) is 0 Å². The van der Waals surface area contributed by atoms with Gasteiger partial charge in [-0.15, -0.1) is 0 Å². The number of hydrogen-bond donors (Lipinski definition) is 2. The molecule has 0 aliphatic carbocycles. The molecule has 0 saturated carbocycles. The fraction of sp³-hybridized carbons (Fsp3) is 0.455. The van der Waals surface area contributed by atoms with Crippen molar-refractivity contribution in [2.24, 2.45) is 5.73 Å². The third-order valence-corrected chi connectivity index (χ3v) is 2.08. The molecule has 0 aliphatic rings. The number of nitrogens with zero attached hydrogens (tertiary/aromatic N) is 1. The van der Waals surface area contributed by atoms with E-state index in [0.717, 1.165) is 0 Å². The lowest BCUT2D eigenvalue weighted by Crippen LogP contribution is -2.36. The van der Waals surface area contributed by atoms with E-state index in [4.69, 9.17) is 5.73 Å². The number of rotatable bonds is 4. The number of amides is 1. The Morgan fingerprint density at radius 3 is 2.81 bits per heavy atom. The molecule has 0 saturated heterocycles. The average molecular weight is 223 g/mol. The highest BCUT2D eigenvalue weighted by atomic mass is 16.2. The van der Waals surface area contributed by atoms with Crippen LogP contribution in [0.2, 0.25) is 0 Å². The van der Waals surface area contributed by atoms with Crippen LogP contribution in [-0.2, 0) is 17.9 Å². The first-order valence-corrected chi connectivity index (χ1v) is 5.22. The van der Waals surface area contributed by atoms with Crippen molar-refractivity contribution in [1.29, 1.82) is 0 Å². The molecule has 1 heterocycles. The second kappa shape index (κ2) is 5.46.